The molecule has 6 N–H and O–H groups in total. The number of rotatable bonds is 7. The summed E-state index contributed by atoms with van der Waals surface area (Å²) in [6.07, 6.45) is -9.67. The van der Waals surface area contributed by atoms with Crippen molar-refractivity contribution in [1.82, 2.24) is 0 Å². The van der Waals surface area contributed by atoms with Crippen molar-refractivity contribution in [3.63, 3.8) is 0 Å². The molecule has 0 aromatic heterocycles. The van der Waals surface area contributed by atoms with Crippen LogP contribution in [0.3, 0.4) is 0 Å². The normalized spacial score (nSPS) is 20.1. The van der Waals surface area contributed by atoms with Crippen molar-refractivity contribution in [3.8, 4) is 0 Å². The van der Waals surface area contributed by atoms with Gasteiger partial charge in [-0.15, -0.1) is 0 Å². The number of aliphatic carboxylic acids is 1. The van der Waals surface area contributed by atoms with Crippen LogP contribution < -0.4 is 0 Å². The molecular weight excluding hydrogens is 236 g/mol. The van der Waals surface area contributed by atoms with Gasteiger partial charge in [-0.25, -0.2) is 4.79 Å². The number of aliphatic hydroxyl groups is 5. The van der Waals surface area contributed by atoms with Crippen molar-refractivity contribution < 1.29 is 40.2 Å². The minimum Gasteiger partial charge on any atom is -0.475 e. The number of carboxylic acids is 1. The molecule has 8 heteroatoms. The summed E-state index contributed by atoms with van der Waals surface area (Å²) in [5, 5.41) is 54.2. The summed E-state index contributed by atoms with van der Waals surface area (Å²) in [5.41, 5.74) is 0. The lowest BCUT2D eigenvalue weighted by Gasteiger charge is -2.27. The van der Waals surface area contributed by atoms with Gasteiger partial charge >= 0.3 is 5.97 Å². The molecule has 17 heavy (non-hydrogen) atoms. The Kier molecular flexibility index (Phi) is 6.21. The molecule has 0 spiro atoms. The van der Waals surface area contributed by atoms with Gasteiger partial charge in [-0.1, -0.05) is 0 Å². The van der Waals surface area contributed by atoms with E-state index >= 15 is 0 Å². The Hall–Kier alpha value is -1.06. The van der Waals surface area contributed by atoms with E-state index in [1.54, 1.807) is 0 Å². The third-order valence-corrected chi connectivity index (χ3v) is 2.22. The fraction of sp³-hybridized carbons (Fsp3) is 0.778. The average Bonchev–Trinajstić information content (AvgIpc) is 2.25. The van der Waals surface area contributed by atoms with Crippen LogP contribution in [-0.4, -0.2) is 72.9 Å². The van der Waals surface area contributed by atoms with Crippen molar-refractivity contribution in [2.24, 2.45) is 0 Å². The van der Waals surface area contributed by atoms with E-state index in [0.29, 0.717) is 0 Å². The molecule has 0 saturated heterocycles. The Bertz CT molecular complexity index is 276. The number of carbonyl (C=O) groups is 2. The average molecular weight is 252 g/mol. The molecule has 0 rings (SSSR count). The first-order chi connectivity index (χ1) is 7.68. The van der Waals surface area contributed by atoms with Crippen molar-refractivity contribution in [2.75, 3.05) is 0 Å². The van der Waals surface area contributed by atoms with Gasteiger partial charge in [0.2, 0.25) is 5.78 Å². The Balaban J connectivity index is 4.44. The van der Waals surface area contributed by atoms with Crippen LogP contribution in [0.15, 0.2) is 0 Å². The zero-order valence-corrected chi connectivity index (χ0v) is 9.09. The van der Waals surface area contributed by atoms with Gasteiger partial charge in [-0.3, -0.25) is 4.79 Å². The maximum Gasteiger partial charge on any atom is 0.372 e. The molecule has 0 aliphatic heterocycles. The highest BCUT2D eigenvalue weighted by Crippen LogP contribution is 2.10. The van der Waals surface area contributed by atoms with Gasteiger partial charge in [0.25, 0.3) is 0 Å². The smallest absolute Gasteiger partial charge is 0.372 e. The largest absolute Gasteiger partial charge is 0.475 e. The first kappa shape index (κ1) is 15.9. The van der Waals surface area contributed by atoms with Gasteiger partial charge in [-0.2, -0.15) is 0 Å². The highest BCUT2D eigenvalue weighted by Gasteiger charge is 2.34. The number of carbonyl (C=O) groups excluding carboxylic acids is 1. The summed E-state index contributed by atoms with van der Waals surface area (Å²) in [7, 11) is 0. The Labute approximate surface area is 96.7 Å². The minimum absolute atomic E-state index is 0.903. The SMILES string of the molecule is C[C@@H](O)[C@@H](O)[C@H](O)[C@H](O)[C@@H](O)CC(=O)C(=O)O. The highest BCUT2D eigenvalue weighted by molar-refractivity contribution is 6.32. The highest BCUT2D eigenvalue weighted by atomic mass is 16.4. The van der Waals surface area contributed by atoms with E-state index in [1.807, 2.05) is 0 Å². The number of aliphatic hydroxyl groups excluding tert-OH is 5. The number of ketones is 1. The molecule has 5 atom stereocenters. The van der Waals surface area contributed by atoms with E-state index in [4.69, 9.17) is 10.2 Å². The maximum absolute atomic E-state index is 10.7. The first-order valence-corrected chi connectivity index (χ1v) is 4.85. The second kappa shape index (κ2) is 6.62. The van der Waals surface area contributed by atoms with Crippen LogP contribution in [0, 0.1) is 0 Å². The predicted octanol–water partition coefficient (Wildman–Crippen LogP) is -3.15. The third kappa shape index (κ3) is 4.75. The van der Waals surface area contributed by atoms with E-state index in [0.717, 1.165) is 6.92 Å². The molecule has 0 heterocycles. The van der Waals surface area contributed by atoms with E-state index in [-0.39, 0.29) is 0 Å². The molecular formula is C9H16O8. The lowest BCUT2D eigenvalue weighted by atomic mass is 9.97. The van der Waals surface area contributed by atoms with Gasteiger partial charge in [0, 0.05) is 6.42 Å². The molecule has 0 amide bonds. The van der Waals surface area contributed by atoms with Crippen LogP contribution in [0.2, 0.25) is 0 Å². The van der Waals surface area contributed by atoms with Crippen LogP contribution >= 0.6 is 0 Å². The summed E-state index contributed by atoms with van der Waals surface area (Å²) in [4.78, 5) is 20.9. The van der Waals surface area contributed by atoms with E-state index in [2.05, 4.69) is 0 Å². The fourth-order valence-corrected chi connectivity index (χ4v) is 1.11. The molecule has 0 fully saturated rings. The summed E-state index contributed by atoms with van der Waals surface area (Å²) in [6.45, 7) is 1.15. The summed E-state index contributed by atoms with van der Waals surface area (Å²) in [5.74, 6) is -3.11. The quantitative estimate of drug-likeness (QED) is 0.259. The number of hydrogen-bond acceptors (Lipinski definition) is 7. The topological polar surface area (TPSA) is 156 Å². The van der Waals surface area contributed by atoms with Crippen LogP contribution in [0.5, 0.6) is 0 Å². The number of Topliss-reactive ketones (excluding diaryl/α,β-unsaturated/α-hetero) is 1. The molecule has 0 unspecified atom stereocenters. The van der Waals surface area contributed by atoms with Gasteiger partial charge in [0.1, 0.15) is 18.3 Å². The van der Waals surface area contributed by atoms with Gasteiger partial charge in [-0.05, 0) is 6.92 Å². The summed E-state index contributed by atoms with van der Waals surface area (Å²) >= 11 is 0. The van der Waals surface area contributed by atoms with Gasteiger partial charge < -0.3 is 30.6 Å². The monoisotopic (exact) mass is 252 g/mol. The summed E-state index contributed by atoms with van der Waals surface area (Å²) < 4.78 is 0. The van der Waals surface area contributed by atoms with Crippen molar-refractivity contribution >= 4 is 11.8 Å². The van der Waals surface area contributed by atoms with Crippen LogP contribution in [-0.2, 0) is 9.59 Å². The second-order valence-corrected chi connectivity index (χ2v) is 3.71. The Morgan fingerprint density at radius 3 is 1.76 bits per heavy atom. The molecule has 100 valence electrons. The molecule has 0 bridgehead atoms. The molecule has 0 aromatic carbocycles. The van der Waals surface area contributed by atoms with Crippen LogP contribution in [0.4, 0.5) is 0 Å². The van der Waals surface area contributed by atoms with Gasteiger partial charge in [0.05, 0.1) is 12.2 Å². The van der Waals surface area contributed by atoms with Crippen LogP contribution in [0.1, 0.15) is 13.3 Å². The molecule has 0 radical (unpaired) electrons. The fourth-order valence-electron chi connectivity index (χ4n) is 1.11. The lowest BCUT2D eigenvalue weighted by Crippen LogP contribution is -2.49. The zero-order valence-electron chi connectivity index (χ0n) is 9.09. The Morgan fingerprint density at radius 1 is 0.941 bits per heavy atom. The minimum atomic E-state index is -1.94. The molecule has 0 saturated carbocycles. The molecule has 8 nitrogen and oxygen atoms in total. The Morgan fingerprint density at radius 2 is 1.41 bits per heavy atom. The van der Waals surface area contributed by atoms with E-state index < -0.39 is 48.7 Å². The third-order valence-electron chi connectivity index (χ3n) is 2.22. The maximum atomic E-state index is 10.7. The molecule has 0 aromatic rings. The molecule has 0 aliphatic rings. The predicted molar refractivity (Wildman–Crippen MR) is 53.0 cm³/mol. The van der Waals surface area contributed by atoms with Crippen molar-refractivity contribution in [1.29, 1.82) is 0 Å². The zero-order chi connectivity index (χ0) is 13.7. The van der Waals surface area contributed by atoms with Crippen molar-refractivity contribution in [3.05, 3.63) is 0 Å². The van der Waals surface area contributed by atoms with Crippen molar-refractivity contribution in [2.45, 2.75) is 43.9 Å². The van der Waals surface area contributed by atoms with E-state index in [9.17, 15) is 30.0 Å². The standard InChI is InChI=1S/C9H16O8/c1-3(10)6(13)8(15)7(14)4(11)2-5(12)9(16)17/h3-4,6-8,10-11,13-15H,2H2,1H3,(H,16,17)/t3-,4+,6-,7-,8+/m1/s1. The van der Waals surface area contributed by atoms with Crippen LogP contribution in [0.25, 0.3) is 0 Å². The van der Waals surface area contributed by atoms with E-state index in [1.165, 1.54) is 0 Å². The van der Waals surface area contributed by atoms with Gasteiger partial charge in [0.15, 0.2) is 0 Å². The number of carboxylic acid groups (broad SMARTS) is 1. The number of hydrogen-bond donors (Lipinski definition) is 6. The lowest BCUT2D eigenvalue weighted by molar-refractivity contribution is -0.154. The summed E-state index contributed by atoms with van der Waals surface area (Å²) in [6, 6.07) is 0. The molecule has 0 aliphatic carbocycles. The second-order valence-electron chi connectivity index (χ2n) is 3.71. The first-order valence-electron chi connectivity index (χ1n) is 4.85.